The number of unbranched alkanes of at least 4 members (excludes halogenated alkanes) is 4. The lowest BCUT2D eigenvalue weighted by Gasteiger charge is -2.28. The van der Waals surface area contributed by atoms with Crippen molar-refractivity contribution in [3.63, 3.8) is 0 Å². The Morgan fingerprint density at radius 1 is 1.08 bits per heavy atom. The van der Waals surface area contributed by atoms with Crippen molar-refractivity contribution in [3.05, 3.63) is 0 Å². The number of hydrogen-bond acceptors (Lipinski definition) is 4. The molecule has 2 saturated carbocycles. The van der Waals surface area contributed by atoms with E-state index >= 15 is 0 Å². The zero-order valence-corrected chi connectivity index (χ0v) is 16.9. The zero-order chi connectivity index (χ0) is 19.1. The monoisotopic (exact) mass is 366 g/mol. The summed E-state index contributed by atoms with van der Waals surface area (Å²) in [6.45, 7) is 6.34. The molecule has 4 nitrogen and oxygen atoms in total. The minimum atomic E-state index is -0.250. The van der Waals surface area contributed by atoms with Gasteiger partial charge in [0.15, 0.2) is 0 Å². The number of fused-ring (bicyclic) bond motifs is 1. The van der Waals surface area contributed by atoms with Crippen molar-refractivity contribution in [2.45, 2.75) is 78.6 Å². The number of carbonyl (C=O) groups excluding carboxylic acids is 2. The topological polar surface area (TPSA) is 63.6 Å². The van der Waals surface area contributed by atoms with Crippen LogP contribution in [0.25, 0.3) is 0 Å². The predicted molar refractivity (Wildman–Crippen MR) is 103 cm³/mol. The van der Waals surface area contributed by atoms with Crippen LogP contribution in [0.3, 0.4) is 0 Å². The summed E-state index contributed by atoms with van der Waals surface area (Å²) in [5.41, 5.74) is 0. The Balaban J connectivity index is 2.14. The van der Waals surface area contributed by atoms with Crippen LogP contribution >= 0.6 is 0 Å². The maximum Gasteiger partial charge on any atom is 0.302 e. The average Bonchev–Trinajstić information content (AvgIpc) is 3.11. The first kappa shape index (κ1) is 21.4. The summed E-state index contributed by atoms with van der Waals surface area (Å²) in [5, 5.41) is 9.86. The number of carbonyl (C=O) groups is 2. The SMILES string of the molecule is CCCCCC[C@@H]1C(=O)[C@@H]2[C@@H](CO)C[C@@H](COC(C)=O)[C@@H]2[C@H]1CCCC. The van der Waals surface area contributed by atoms with Crippen LogP contribution in [0.1, 0.15) is 78.6 Å². The van der Waals surface area contributed by atoms with E-state index in [4.69, 9.17) is 4.74 Å². The average molecular weight is 367 g/mol. The maximum atomic E-state index is 13.3. The minimum absolute atomic E-state index is 0.0152. The molecule has 2 aliphatic carbocycles. The second-order valence-electron chi connectivity index (χ2n) is 8.51. The normalized spacial score (nSPS) is 33.5. The molecule has 0 spiro atoms. The molecule has 0 aliphatic heterocycles. The van der Waals surface area contributed by atoms with Gasteiger partial charge >= 0.3 is 5.97 Å². The second kappa shape index (κ2) is 10.4. The van der Waals surface area contributed by atoms with Crippen molar-refractivity contribution in [3.8, 4) is 0 Å². The van der Waals surface area contributed by atoms with Crippen LogP contribution in [0.2, 0.25) is 0 Å². The van der Waals surface area contributed by atoms with Gasteiger partial charge in [0.25, 0.3) is 0 Å². The molecule has 0 aromatic rings. The van der Waals surface area contributed by atoms with Crippen molar-refractivity contribution in [1.29, 1.82) is 0 Å². The number of ether oxygens (including phenoxy) is 1. The molecule has 0 aromatic carbocycles. The van der Waals surface area contributed by atoms with Crippen molar-refractivity contribution in [1.82, 2.24) is 0 Å². The van der Waals surface area contributed by atoms with E-state index in [2.05, 4.69) is 13.8 Å². The lowest BCUT2D eigenvalue weighted by Crippen LogP contribution is -2.25. The van der Waals surface area contributed by atoms with E-state index in [0.29, 0.717) is 24.2 Å². The van der Waals surface area contributed by atoms with E-state index in [1.807, 2.05) is 0 Å². The van der Waals surface area contributed by atoms with E-state index in [-0.39, 0.29) is 36.2 Å². The molecule has 1 N–H and O–H groups in total. The lowest BCUT2D eigenvalue weighted by molar-refractivity contribution is -0.143. The molecule has 0 radical (unpaired) electrons. The molecular formula is C22H38O4. The van der Waals surface area contributed by atoms with Gasteiger partial charge in [0, 0.05) is 25.4 Å². The van der Waals surface area contributed by atoms with Gasteiger partial charge in [0.05, 0.1) is 6.61 Å². The summed E-state index contributed by atoms with van der Waals surface area (Å²) in [7, 11) is 0. The molecule has 0 amide bonds. The summed E-state index contributed by atoms with van der Waals surface area (Å²) in [4.78, 5) is 24.5. The molecule has 0 unspecified atom stereocenters. The fourth-order valence-corrected chi connectivity index (χ4v) is 5.64. The van der Waals surface area contributed by atoms with E-state index in [0.717, 1.165) is 38.5 Å². The molecular weight excluding hydrogens is 328 g/mol. The van der Waals surface area contributed by atoms with E-state index < -0.39 is 0 Å². The Bertz CT molecular complexity index is 461. The quantitative estimate of drug-likeness (QED) is 0.435. The number of ketones is 1. The van der Waals surface area contributed by atoms with Gasteiger partial charge in [-0.2, -0.15) is 0 Å². The molecule has 26 heavy (non-hydrogen) atoms. The van der Waals surface area contributed by atoms with Gasteiger partial charge in [-0.1, -0.05) is 52.4 Å². The first-order valence-corrected chi connectivity index (χ1v) is 10.8. The van der Waals surface area contributed by atoms with Gasteiger partial charge < -0.3 is 9.84 Å². The van der Waals surface area contributed by atoms with Crippen molar-refractivity contribution < 1.29 is 19.4 Å². The van der Waals surface area contributed by atoms with Crippen LogP contribution in [-0.4, -0.2) is 30.1 Å². The van der Waals surface area contributed by atoms with Crippen molar-refractivity contribution >= 4 is 11.8 Å². The van der Waals surface area contributed by atoms with Crippen molar-refractivity contribution in [2.75, 3.05) is 13.2 Å². The summed E-state index contributed by atoms with van der Waals surface area (Å²) >= 11 is 0. The smallest absolute Gasteiger partial charge is 0.302 e. The first-order valence-electron chi connectivity index (χ1n) is 10.8. The van der Waals surface area contributed by atoms with Crippen LogP contribution in [-0.2, 0) is 14.3 Å². The largest absolute Gasteiger partial charge is 0.466 e. The highest BCUT2D eigenvalue weighted by molar-refractivity contribution is 5.87. The molecule has 6 atom stereocenters. The number of aliphatic hydroxyl groups excluding tert-OH is 1. The minimum Gasteiger partial charge on any atom is -0.466 e. The van der Waals surface area contributed by atoms with E-state index in [1.54, 1.807) is 0 Å². The Morgan fingerprint density at radius 3 is 2.42 bits per heavy atom. The fraction of sp³-hybridized carbons (Fsp3) is 0.909. The van der Waals surface area contributed by atoms with Gasteiger partial charge in [-0.3, -0.25) is 9.59 Å². The fourth-order valence-electron chi connectivity index (χ4n) is 5.64. The molecule has 4 heteroatoms. The highest BCUT2D eigenvalue weighted by Gasteiger charge is 2.58. The van der Waals surface area contributed by atoms with Crippen molar-refractivity contribution in [2.24, 2.45) is 35.5 Å². The molecule has 2 rings (SSSR count). The van der Waals surface area contributed by atoms with E-state index in [1.165, 1.54) is 26.2 Å². The summed E-state index contributed by atoms with van der Waals surface area (Å²) < 4.78 is 5.33. The summed E-state index contributed by atoms with van der Waals surface area (Å²) in [6, 6.07) is 0. The summed E-state index contributed by atoms with van der Waals surface area (Å²) in [5.74, 6) is 1.27. The maximum absolute atomic E-state index is 13.3. The molecule has 0 heterocycles. The standard InChI is InChI=1S/C22H38O4/c1-4-6-8-9-11-19-18(10-7-5-2)20-17(14-26-15(3)24)12-16(13-23)21(20)22(19)25/h16-21,23H,4-14H2,1-3H3/t16-,17+,18+,19+,20-,21-/m1/s1. The molecule has 150 valence electrons. The number of aliphatic hydroxyl groups is 1. The van der Waals surface area contributed by atoms with E-state index in [9.17, 15) is 14.7 Å². The van der Waals surface area contributed by atoms with Crippen LogP contribution in [0, 0.1) is 35.5 Å². The third-order valence-electron chi connectivity index (χ3n) is 6.77. The van der Waals surface area contributed by atoms with Crippen LogP contribution < -0.4 is 0 Å². The molecule has 0 saturated heterocycles. The Hall–Kier alpha value is -0.900. The highest BCUT2D eigenvalue weighted by atomic mass is 16.5. The molecule has 2 fully saturated rings. The molecule has 0 bridgehead atoms. The Morgan fingerprint density at radius 2 is 1.81 bits per heavy atom. The van der Waals surface area contributed by atoms with Crippen LogP contribution in [0.4, 0.5) is 0 Å². The number of Topliss-reactive ketones (excluding diaryl/α,β-unsaturated/α-hetero) is 1. The van der Waals surface area contributed by atoms with Gasteiger partial charge in [0.1, 0.15) is 5.78 Å². The lowest BCUT2D eigenvalue weighted by atomic mass is 9.77. The first-order chi connectivity index (χ1) is 12.5. The number of rotatable bonds is 11. The summed E-state index contributed by atoms with van der Waals surface area (Å²) in [6.07, 6.45) is 9.98. The van der Waals surface area contributed by atoms with Gasteiger partial charge in [-0.05, 0) is 42.9 Å². The van der Waals surface area contributed by atoms with Crippen LogP contribution in [0.5, 0.6) is 0 Å². The predicted octanol–water partition coefficient (Wildman–Crippen LogP) is 4.39. The molecule has 2 aliphatic rings. The highest BCUT2D eigenvalue weighted by Crippen LogP contribution is 2.56. The number of esters is 1. The molecule has 0 aromatic heterocycles. The third kappa shape index (κ3) is 4.88. The van der Waals surface area contributed by atoms with Gasteiger partial charge in [-0.15, -0.1) is 0 Å². The van der Waals surface area contributed by atoms with Gasteiger partial charge in [-0.25, -0.2) is 0 Å². The van der Waals surface area contributed by atoms with Crippen LogP contribution in [0.15, 0.2) is 0 Å². The second-order valence-corrected chi connectivity index (χ2v) is 8.51. The Kier molecular flexibility index (Phi) is 8.59. The van der Waals surface area contributed by atoms with Gasteiger partial charge in [0.2, 0.25) is 0 Å². The Labute approximate surface area is 159 Å². The number of hydrogen-bond donors (Lipinski definition) is 1. The third-order valence-corrected chi connectivity index (χ3v) is 6.77. The zero-order valence-electron chi connectivity index (χ0n) is 16.9.